The van der Waals surface area contributed by atoms with Gasteiger partial charge in [-0.2, -0.15) is 0 Å². The van der Waals surface area contributed by atoms with Crippen molar-refractivity contribution in [2.45, 2.75) is 39.3 Å². The quantitative estimate of drug-likeness (QED) is 0.829. The van der Waals surface area contributed by atoms with Crippen molar-refractivity contribution in [1.82, 2.24) is 4.90 Å². The Balaban J connectivity index is 2.36. The Hall–Kier alpha value is -1.82. The minimum atomic E-state index is -1.10. The number of likely N-dealkylation sites (tertiary alicyclic amines) is 1. The van der Waals surface area contributed by atoms with E-state index in [1.54, 1.807) is 20.8 Å². The molecule has 0 spiro atoms. The highest BCUT2D eigenvalue weighted by Crippen LogP contribution is 2.26. The first-order chi connectivity index (χ1) is 8.82. The normalized spacial score (nSPS) is 22.8. The summed E-state index contributed by atoms with van der Waals surface area (Å²) in [6, 6.07) is -0.975. The standard InChI is InChI=1S/C13H17NO5/c1-6-7(2)19-8(3)11(6)12(16)14-5-9(15)4-10(14)13(17)18/h9-10,15H,4-5H2,1-3H3,(H,17,18)/t9?,10-/m0/s1. The van der Waals surface area contributed by atoms with Gasteiger partial charge in [-0.25, -0.2) is 4.79 Å². The van der Waals surface area contributed by atoms with Gasteiger partial charge in [0.15, 0.2) is 0 Å². The van der Waals surface area contributed by atoms with E-state index in [0.717, 1.165) is 0 Å². The summed E-state index contributed by atoms with van der Waals surface area (Å²) in [5, 5.41) is 18.7. The molecule has 0 aromatic carbocycles. The molecule has 1 amide bonds. The molecular formula is C13H17NO5. The molecule has 1 aliphatic rings. The van der Waals surface area contributed by atoms with Crippen LogP contribution in [0.15, 0.2) is 4.42 Å². The van der Waals surface area contributed by atoms with Gasteiger partial charge in [0.1, 0.15) is 17.6 Å². The maximum Gasteiger partial charge on any atom is 0.326 e. The van der Waals surface area contributed by atoms with E-state index in [-0.39, 0.29) is 13.0 Å². The highest BCUT2D eigenvalue weighted by atomic mass is 16.4. The van der Waals surface area contributed by atoms with E-state index in [1.165, 1.54) is 4.90 Å². The van der Waals surface area contributed by atoms with Crippen molar-refractivity contribution in [2.24, 2.45) is 0 Å². The van der Waals surface area contributed by atoms with E-state index < -0.39 is 24.0 Å². The summed E-state index contributed by atoms with van der Waals surface area (Å²) < 4.78 is 5.39. The summed E-state index contributed by atoms with van der Waals surface area (Å²) >= 11 is 0. The number of aryl methyl sites for hydroxylation is 2. The highest BCUT2D eigenvalue weighted by Gasteiger charge is 2.40. The number of β-amino-alcohol motifs (C(OH)–C–C–N with tert-alkyl or cyclic N) is 1. The van der Waals surface area contributed by atoms with Crippen LogP contribution < -0.4 is 0 Å². The molecule has 104 valence electrons. The van der Waals surface area contributed by atoms with E-state index in [9.17, 15) is 14.7 Å². The molecule has 2 atom stereocenters. The number of hydrogen-bond acceptors (Lipinski definition) is 4. The molecule has 1 aromatic heterocycles. The molecule has 19 heavy (non-hydrogen) atoms. The number of aliphatic carboxylic acids is 1. The van der Waals surface area contributed by atoms with Crippen LogP contribution in [0.2, 0.25) is 0 Å². The second kappa shape index (κ2) is 4.70. The SMILES string of the molecule is Cc1oc(C)c(C(=O)N2CC(O)C[C@H]2C(=O)O)c1C. The summed E-state index contributed by atoms with van der Waals surface area (Å²) in [4.78, 5) is 24.8. The second-order valence-corrected chi connectivity index (χ2v) is 4.92. The van der Waals surface area contributed by atoms with Gasteiger partial charge < -0.3 is 19.5 Å². The number of amides is 1. The van der Waals surface area contributed by atoms with E-state index in [2.05, 4.69) is 0 Å². The van der Waals surface area contributed by atoms with Crippen LogP contribution in [0.5, 0.6) is 0 Å². The van der Waals surface area contributed by atoms with Gasteiger partial charge in [-0.15, -0.1) is 0 Å². The first-order valence-electron chi connectivity index (χ1n) is 6.11. The molecule has 1 aliphatic heterocycles. The van der Waals surface area contributed by atoms with Gasteiger partial charge in [0.25, 0.3) is 5.91 Å². The smallest absolute Gasteiger partial charge is 0.326 e. The number of carbonyl (C=O) groups excluding carboxylic acids is 1. The van der Waals surface area contributed by atoms with Crippen LogP contribution in [0, 0.1) is 20.8 Å². The molecule has 0 bridgehead atoms. The Morgan fingerprint density at radius 1 is 1.26 bits per heavy atom. The lowest BCUT2D eigenvalue weighted by Gasteiger charge is -2.21. The third kappa shape index (κ3) is 2.23. The Morgan fingerprint density at radius 2 is 1.89 bits per heavy atom. The third-order valence-electron chi connectivity index (χ3n) is 3.60. The largest absolute Gasteiger partial charge is 0.480 e. The molecular weight excluding hydrogens is 250 g/mol. The average Bonchev–Trinajstić information content (AvgIpc) is 2.81. The molecule has 0 radical (unpaired) electrons. The maximum absolute atomic E-state index is 12.5. The molecule has 6 heteroatoms. The fourth-order valence-electron chi connectivity index (χ4n) is 2.52. The number of hydrogen-bond donors (Lipinski definition) is 2. The zero-order valence-corrected chi connectivity index (χ0v) is 11.1. The Morgan fingerprint density at radius 3 is 2.37 bits per heavy atom. The number of aliphatic hydroxyl groups excluding tert-OH is 1. The van der Waals surface area contributed by atoms with Crippen molar-refractivity contribution < 1.29 is 24.2 Å². The number of aliphatic hydroxyl groups is 1. The van der Waals surface area contributed by atoms with Gasteiger partial charge in [-0.05, 0) is 20.8 Å². The molecule has 0 aliphatic carbocycles. The van der Waals surface area contributed by atoms with Gasteiger partial charge in [0.2, 0.25) is 0 Å². The van der Waals surface area contributed by atoms with Crippen molar-refractivity contribution in [2.75, 3.05) is 6.54 Å². The minimum absolute atomic E-state index is 0.0406. The predicted octanol–water partition coefficient (Wildman–Crippen LogP) is 0.865. The topological polar surface area (TPSA) is 91.0 Å². The molecule has 2 heterocycles. The van der Waals surface area contributed by atoms with Gasteiger partial charge in [0, 0.05) is 18.5 Å². The van der Waals surface area contributed by atoms with E-state index in [4.69, 9.17) is 9.52 Å². The Bertz CT molecular complexity index is 533. The first-order valence-corrected chi connectivity index (χ1v) is 6.11. The Labute approximate surface area is 110 Å². The lowest BCUT2D eigenvalue weighted by Crippen LogP contribution is -2.40. The zero-order valence-electron chi connectivity index (χ0n) is 11.1. The molecule has 1 unspecified atom stereocenters. The second-order valence-electron chi connectivity index (χ2n) is 4.92. The number of nitrogens with zero attached hydrogens (tertiary/aromatic N) is 1. The van der Waals surface area contributed by atoms with E-state index >= 15 is 0 Å². The molecule has 1 fully saturated rings. The van der Waals surface area contributed by atoms with Crippen molar-refractivity contribution in [3.8, 4) is 0 Å². The lowest BCUT2D eigenvalue weighted by atomic mass is 10.1. The lowest BCUT2D eigenvalue weighted by molar-refractivity contribution is -0.141. The maximum atomic E-state index is 12.5. The van der Waals surface area contributed by atoms with Crippen molar-refractivity contribution in [1.29, 1.82) is 0 Å². The van der Waals surface area contributed by atoms with Crippen LogP contribution in [0.3, 0.4) is 0 Å². The van der Waals surface area contributed by atoms with Crippen LogP contribution in [-0.4, -0.2) is 45.7 Å². The molecule has 0 saturated carbocycles. The molecule has 6 nitrogen and oxygen atoms in total. The summed E-state index contributed by atoms with van der Waals surface area (Å²) in [5.41, 5.74) is 1.12. The van der Waals surface area contributed by atoms with Crippen LogP contribution in [0.25, 0.3) is 0 Å². The minimum Gasteiger partial charge on any atom is -0.480 e. The number of rotatable bonds is 2. The van der Waals surface area contributed by atoms with Crippen LogP contribution in [0.1, 0.15) is 33.9 Å². The molecule has 1 saturated heterocycles. The summed E-state index contributed by atoms with van der Waals surface area (Å²) in [6.45, 7) is 5.24. The van der Waals surface area contributed by atoms with Crippen molar-refractivity contribution in [3.05, 3.63) is 22.6 Å². The third-order valence-corrected chi connectivity index (χ3v) is 3.60. The van der Waals surface area contributed by atoms with Gasteiger partial charge >= 0.3 is 5.97 Å². The number of carbonyl (C=O) groups is 2. The average molecular weight is 267 g/mol. The fraction of sp³-hybridized carbons (Fsp3) is 0.538. The van der Waals surface area contributed by atoms with E-state index in [1.807, 2.05) is 0 Å². The summed E-state index contributed by atoms with van der Waals surface area (Å²) in [5.74, 6) is -0.366. The van der Waals surface area contributed by atoms with Crippen LogP contribution in [-0.2, 0) is 4.79 Å². The Kier molecular flexibility index (Phi) is 3.36. The number of carboxylic acid groups (broad SMARTS) is 1. The number of carboxylic acids is 1. The van der Waals surface area contributed by atoms with Crippen LogP contribution in [0.4, 0.5) is 0 Å². The van der Waals surface area contributed by atoms with Crippen molar-refractivity contribution in [3.63, 3.8) is 0 Å². The fourth-order valence-corrected chi connectivity index (χ4v) is 2.52. The highest BCUT2D eigenvalue weighted by molar-refractivity contribution is 5.99. The van der Waals surface area contributed by atoms with Gasteiger partial charge in [-0.1, -0.05) is 0 Å². The molecule has 2 N–H and O–H groups in total. The molecule has 1 aromatic rings. The van der Waals surface area contributed by atoms with E-state index in [0.29, 0.717) is 22.6 Å². The van der Waals surface area contributed by atoms with Crippen molar-refractivity contribution >= 4 is 11.9 Å². The number of furan rings is 1. The molecule has 2 rings (SSSR count). The van der Waals surface area contributed by atoms with Crippen LogP contribution >= 0.6 is 0 Å². The zero-order chi connectivity index (χ0) is 14.3. The van der Waals surface area contributed by atoms with Gasteiger partial charge in [0.05, 0.1) is 11.7 Å². The summed E-state index contributed by atoms with van der Waals surface area (Å²) in [6.07, 6.45) is -0.727. The van der Waals surface area contributed by atoms with Gasteiger partial charge in [-0.3, -0.25) is 4.79 Å². The summed E-state index contributed by atoms with van der Waals surface area (Å²) in [7, 11) is 0. The predicted molar refractivity (Wildman–Crippen MR) is 66.0 cm³/mol. The first kappa shape index (κ1) is 13.6. The monoisotopic (exact) mass is 267 g/mol.